The van der Waals surface area contributed by atoms with E-state index in [0.717, 1.165) is 55.0 Å². The number of carbonyl (C=O) groups excluding carboxylic acids is 1. The Kier molecular flexibility index (Phi) is 6.83. The van der Waals surface area contributed by atoms with Crippen LogP contribution in [0.5, 0.6) is 0 Å². The maximum absolute atomic E-state index is 12.8. The molecule has 33 heavy (non-hydrogen) atoms. The highest BCUT2D eigenvalue weighted by atomic mass is 32.2. The molecule has 172 valence electrons. The van der Waals surface area contributed by atoms with Gasteiger partial charge in [0.2, 0.25) is 5.91 Å². The monoisotopic (exact) mass is 499 g/mol. The molecule has 0 spiro atoms. The second-order valence-corrected chi connectivity index (χ2v) is 11.5. The highest BCUT2D eigenvalue weighted by molar-refractivity contribution is 7.99. The quantitative estimate of drug-likeness (QED) is 0.461. The summed E-state index contributed by atoms with van der Waals surface area (Å²) in [6.07, 6.45) is 5.22. The molecule has 5 rings (SSSR count). The van der Waals surface area contributed by atoms with E-state index in [0.29, 0.717) is 28.2 Å². The molecule has 4 heterocycles. The number of nitrogens with one attached hydrogen (secondary N) is 1. The number of nitriles is 1. The first kappa shape index (κ1) is 22.6. The van der Waals surface area contributed by atoms with Crippen molar-refractivity contribution < 1.29 is 9.53 Å². The van der Waals surface area contributed by atoms with Crippen LogP contribution < -0.4 is 5.32 Å². The third-order valence-corrected chi connectivity index (χ3v) is 9.08. The molecule has 1 N–H and O–H groups in total. The van der Waals surface area contributed by atoms with Gasteiger partial charge < -0.3 is 10.1 Å². The third kappa shape index (κ3) is 4.87. The molecule has 0 saturated carbocycles. The fourth-order valence-electron chi connectivity index (χ4n) is 4.39. The Morgan fingerprint density at radius 2 is 2.33 bits per heavy atom. The molecule has 7 nitrogen and oxygen atoms in total. The van der Waals surface area contributed by atoms with Crippen LogP contribution in [0.2, 0.25) is 0 Å². The first-order chi connectivity index (χ1) is 16.1. The van der Waals surface area contributed by atoms with E-state index in [4.69, 9.17) is 4.74 Å². The van der Waals surface area contributed by atoms with E-state index in [1.165, 1.54) is 16.6 Å². The van der Waals surface area contributed by atoms with E-state index in [1.807, 2.05) is 17.5 Å². The average molecular weight is 500 g/mol. The third-order valence-electron chi connectivity index (χ3n) is 6.08. The summed E-state index contributed by atoms with van der Waals surface area (Å²) in [6, 6.07) is 6.35. The summed E-state index contributed by atoms with van der Waals surface area (Å²) in [5, 5.41) is 24.9. The largest absolute Gasteiger partial charge is 0.376 e. The number of hydrogen-bond acceptors (Lipinski definition) is 8. The molecule has 1 saturated heterocycles. The Morgan fingerprint density at radius 1 is 1.42 bits per heavy atom. The molecule has 1 amide bonds. The minimum absolute atomic E-state index is 0.132. The minimum Gasteiger partial charge on any atom is -0.376 e. The summed E-state index contributed by atoms with van der Waals surface area (Å²) in [4.78, 5) is 15.1. The van der Waals surface area contributed by atoms with Crippen LogP contribution in [0.1, 0.15) is 42.2 Å². The van der Waals surface area contributed by atoms with Crippen molar-refractivity contribution in [3.05, 3.63) is 33.5 Å². The first-order valence-corrected chi connectivity index (χ1v) is 13.9. The van der Waals surface area contributed by atoms with Crippen LogP contribution in [0.15, 0.2) is 22.7 Å². The molecule has 0 unspecified atom stereocenters. The maximum Gasteiger partial charge on any atom is 0.235 e. The second kappa shape index (κ2) is 9.97. The topological polar surface area (TPSA) is 92.8 Å². The molecule has 0 aromatic carbocycles. The van der Waals surface area contributed by atoms with Crippen molar-refractivity contribution in [2.24, 2.45) is 5.92 Å². The van der Waals surface area contributed by atoms with Gasteiger partial charge in [0.05, 0.1) is 28.8 Å². The van der Waals surface area contributed by atoms with E-state index in [1.54, 1.807) is 22.7 Å². The zero-order chi connectivity index (χ0) is 22.8. The SMILES string of the molecule is C[C@@H]1CCc2c(sc(NC(=O)CSc3nnc(-c4cccs4)n3C[C@H]3CCCO3)c2C#N)C1. The lowest BCUT2D eigenvalue weighted by atomic mass is 9.89. The van der Waals surface area contributed by atoms with Crippen molar-refractivity contribution in [3.63, 3.8) is 0 Å². The lowest BCUT2D eigenvalue weighted by Crippen LogP contribution is -2.18. The summed E-state index contributed by atoms with van der Waals surface area (Å²) in [5.74, 6) is 1.51. The summed E-state index contributed by atoms with van der Waals surface area (Å²) in [7, 11) is 0. The second-order valence-electron chi connectivity index (χ2n) is 8.53. The highest BCUT2D eigenvalue weighted by Crippen LogP contribution is 2.39. The molecule has 2 atom stereocenters. The Balaban J connectivity index is 1.30. The predicted molar refractivity (Wildman–Crippen MR) is 132 cm³/mol. The number of ether oxygens (including phenoxy) is 1. The minimum atomic E-state index is -0.132. The zero-order valence-corrected chi connectivity index (χ0v) is 20.8. The lowest BCUT2D eigenvalue weighted by Gasteiger charge is -2.17. The number of amides is 1. The number of rotatable bonds is 7. The first-order valence-electron chi connectivity index (χ1n) is 11.2. The Morgan fingerprint density at radius 3 is 3.09 bits per heavy atom. The number of aromatic nitrogens is 3. The van der Waals surface area contributed by atoms with Crippen LogP contribution in [-0.2, 0) is 28.9 Å². The molecule has 1 aliphatic heterocycles. The number of anilines is 1. The highest BCUT2D eigenvalue weighted by Gasteiger charge is 2.26. The fraction of sp³-hybridized carbons (Fsp3) is 0.478. The van der Waals surface area contributed by atoms with Gasteiger partial charge >= 0.3 is 0 Å². The van der Waals surface area contributed by atoms with Crippen molar-refractivity contribution in [2.75, 3.05) is 17.7 Å². The number of thioether (sulfide) groups is 1. The molecule has 3 aromatic rings. The molecule has 1 fully saturated rings. The van der Waals surface area contributed by atoms with Gasteiger partial charge in [-0.05, 0) is 55.0 Å². The summed E-state index contributed by atoms with van der Waals surface area (Å²) in [5.41, 5.74) is 1.77. The number of carbonyl (C=O) groups is 1. The molecule has 10 heteroatoms. The number of hydrogen-bond donors (Lipinski definition) is 1. The van der Waals surface area contributed by atoms with Crippen LogP contribution in [-0.4, -0.2) is 39.1 Å². The fourth-order valence-corrected chi connectivity index (χ4v) is 7.23. The Bertz CT molecular complexity index is 1170. The summed E-state index contributed by atoms with van der Waals surface area (Å²) >= 11 is 4.55. The van der Waals surface area contributed by atoms with Crippen molar-refractivity contribution in [1.82, 2.24) is 14.8 Å². The van der Waals surface area contributed by atoms with Gasteiger partial charge in [-0.2, -0.15) is 5.26 Å². The van der Waals surface area contributed by atoms with Crippen LogP contribution in [0.25, 0.3) is 10.7 Å². The maximum atomic E-state index is 12.8. The molecular weight excluding hydrogens is 474 g/mol. The van der Waals surface area contributed by atoms with E-state index in [2.05, 4.69) is 33.1 Å². The van der Waals surface area contributed by atoms with E-state index in [-0.39, 0.29) is 17.8 Å². The smallest absolute Gasteiger partial charge is 0.235 e. The summed E-state index contributed by atoms with van der Waals surface area (Å²) < 4.78 is 7.92. The normalized spacial score (nSPS) is 19.9. The van der Waals surface area contributed by atoms with Gasteiger partial charge in [0.25, 0.3) is 0 Å². The molecule has 2 aliphatic rings. The summed E-state index contributed by atoms with van der Waals surface area (Å²) in [6.45, 7) is 3.70. The van der Waals surface area contributed by atoms with Gasteiger partial charge in [-0.25, -0.2) is 0 Å². The molecule has 0 radical (unpaired) electrons. The van der Waals surface area contributed by atoms with Crippen LogP contribution in [0.4, 0.5) is 5.00 Å². The van der Waals surface area contributed by atoms with Gasteiger partial charge in [-0.3, -0.25) is 9.36 Å². The van der Waals surface area contributed by atoms with Crippen molar-refractivity contribution in [2.45, 2.75) is 56.8 Å². The number of nitrogens with zero attached hydrogens (tertiary/aromatic N) is 4. The lowest BCUT2D eigenvalue weighted by molar-refractivity contribution is -0.113. The van der Waals surface area contributed by atoms with E-state index in [9.17, 15) is 10.1 Å². The Labute approximate surface area is 205 Å². The Hall–Kier alpha value is -2.19. The van der Waals surface area contributed by atoms with Gasteiger partial charge in [0, 0.05) is 11.5 Å². The van der Waals surface area contributed by atoms with E-state index < -0.39 is 0 Å². The van der Waals surface area contributed by atoms with Crippen LogP contribution >= 0.6 is 34.4 Å². The van der Waals surface area contributed by atoms with Gasteiger partial charge in [-0.15, -0.1) is 32.9 Å². The number of fused-ring (bicyclic) bond motifs is 1. The number of thiophene rings is 2. The van der Waals surface area contributed by atoms with Crippen molar-refractivity contribution >= 4 is 45.3 Å². The molecule has 0 bridgehead atoms. The van der Waals surface area contributed by atoms with Gasteiger partial charge in [0.15, 0.2) is 11.0 Å². The molecule has 1 aliphatic carbocycles. The van der Waals surface area contributed by atoms with Crippen molar-refractivity contribution in [3.8, 4) is 16.8 Å². The van der Waals surface area contributed by atoms with Gasteiger partial charge in [0.1, 0.15) is 11.1 Å². The van der Waals surface area contributed by atoms with E-state index >= 15 is 0 Å². The predicted octanol–water partition coefficient (Wildman–Crippen LogP) is 4.97. The van der Waals surface area contributed by atoms with Crippen molar-refractivity contribution in [1.29, 1.82) is 5.26 Å². The van der Waals surface area contributed by atoms with Gasteiger partial charge in [-0.1, -0.05) is 24.8 Å². The zero-order valence-electron chi connectivity index (χ0n) is 18.4. The van der Waals surface area contributed by atoms with Crippen LogP contribution in [0.3, 0.4) is 0 Å². The average Bonchev–Trinajstić information content (AvgIpc) is 3.59. The molecular formula is C23H25N5O2S3. The molecule has 3 aromatic heterocycles. The standard InChI is InChI=1S/C23H25N5O2S3/c1-14-6-7-16-17(11-24)22(33-19(16)10-14)25-20(29)13-32-23-27-26-21(18-5-3-9-31-18)28(23)12-15-4-2-8-30-15/h3,5,9,14-15H,2,4,6-8,10,12-13H2,1H3,(H,25,29)/t14-,15-/m1/s1. The van der Waals surface area contributed by atoms with Crippen LogP contribution in [0, 0.1) is 17.2 Å².